The number of halogens is 6. The van der Waals surface area contributed by atoms with Gasteiger partial charge in [0.15, 0.2) is 11.5 Å². The minimum atomic E-state index is -5.06. The topological polar surface area (TPSA) is 122 Å². The zero-order valence-electron chi connectivity index (χ0n) is 31.5. The van der Waals surface area contributed by atoms with Crippen LogP contribution in [0.4, 0.5) is 32.3 Å². The van der Waals surface area contributed by atoms with Crippen LogP contribution in [0.5, 0.6) is 5.75 Å². The molecule has 58 heavy (non-hydrogen) atoms. The number of amides is 1. The van der Waals surface area contributed by atoms with E-state index in [0.717, 1.165) is 31.3 Å². The van der Waals surface area contributed by atoms with E-state index in [4.69, 9.17) is 4.74 Å². The van der Waals surface area contributed by atoms with E-state index in [2.05, 4.69) is 20.3 Å². The van der Waals surface area contributed by atoms with Crippen molar-refractivity contribution in [2.24, 2.45) is 29.1 Å². The molecule has 1 aromatic carbocycles. The van der Waals surface area contributed by atoms with Crippen LogP contribution in [0.2, 0.25) is 0 Å². The van der Waals surface area contributed by atoms with E-state index in [1.54, 1.807) is 24.4 Å². The van der Waals surface area contributed by atoms with Crippen LogP contribution in [-0.2, 0) is 11.0 Å². The first-order chi connectivity index (χ1) is 27.6. The number of carbonyl (C=O) groups excluding carboxylic acids is 1. The van der Waals surface area contributed by atoms with E-state index in [1.807, 2.05) is 9.47 Å². The normalized spacial score (nSPS) is 30.3. The molecule has 3 aromatic heterocycles. The van der Waals surface area contributed by atoms with Crippen molar-refractivity contribution in [3.8, 4) is 17.0 Å². The molecule has 0 radical (unpaired) electrons. The van der Waals surface area contributed by atoms with Crippen molar-refractivity contribution in [3.05, 3.63) is 66.0 Å². The largest absolute Gasteiger partial charge is 0.490 e. The summed E-state index contributed by atoms with van der Waals surface area (Å²) < 4.78 is 94.9. The fraction of sp³-hybridized carbons (Fsp3) is 0.548. The van der Waals surface area contributed by atoms with Gasteiger partial charge in [0.25, 0.3) is 5.91 Å². The van der Waals surface area contributed by atoms with Crippen molar-refractivity contribution in [2.75, 3.05) is 18.0 Å². The van der Waals surface area contributed by atoms with Gasteiger partial charge in [-0.1, -0.05) is 0 Å². The fourth-order valence-electron chi connectivity index (χ4n) is 12.1. The highest BCUT2D eigenvalue weighted by atomic mass is 19.4. The van der Waals surface area contributed by atoms with Crippen molar-refractivity contribution in [1.29, 1.82) is 0 Å². The fourth-order valence-corrected chi connectivity index (χ4v) is 12.1. The molecule has 1 saturated heterocycles. The quantitative estimate of drug-likeness (QED) is 0.170. The van der Waals surface area contributed by atoms with Gasteiger partial charge in [0, 0.05) is 68.0 Å². The number of anilines is 1. The maximum absolute atomic E-state index is 14.9. The second-order valence-electron chi connectivity index (χ2n) is 17.6. The number of rotatable bonds is 8. The molecule has 1 amide bonds. The third-order valence-corrected chi connectivity index (χ3v) is 14.6. The molecule has 10 rings (SSSR count). The zero-order valence-corrected chi connectivity index (χ0v) is 31.5. The summed E-state index contributed by atoms with van der Waals surface area (Å²) in [6.45, 7) is 1.13. The lowest BCUT2D eigenvalue weighted by Gasteiger charge is -2.53. The number of pyridine rings is 1. The van der Waals surface area contributed by atoms with Gasteiger partial charge < -0.3 is 24.6 Å². The molecule has 6 aliphatic rings. The number of aromatic nitrogens is 4. The highest BCUT2D eigenvalue weighted by Gasteiger charge is 2.78. The number of fused-ring (bicyclic) bond motifs is 3. The number of carboxylic acids is 1. The van der Waals surface area contributed by atoms with Gasteiger partial charge in [-0.2, -0.15) is 13.2 Å². The standard InChI is InChI=1S/C42H42F6N6O4/c43-25-19-49-38(50-20-25)53-11-7-27(8-12-53)58-28-1-2-29-31(21-54(33(29)16-28)26-5-9-40(44,45)10-6-26)32-4-3-30(35(51-32)42(46,47)48)36(55)52-41(37(56)57)24-14-22-13-23-15-34(41)39(23,17-22)18-24/h1-4,16,19-24,26-27,34H,5-15,17-18H2,(H,52,55)(H,56,57). The lowest BCUT2D eigenvalue weighted by molar-refractivity contribution is -0.153. The molecular weight excluding hydrogens is 766 g/mol. The van der Waals surface area contributed by atoms with Gasteiger partial charge >= 0.3 is 12.1 Å². The summed E-state index contributed by atoms with van der Waals surface area (Å²) in [7, 11) is 0. The lowest BCUT2D eigenvalue weighted by atomic mass is 9.53. The Kier molecular flexibility index (Phi) is 8.42. The number of piperidine rings is 1. The summed E-state index contributed by atoms with van der Waals surface area (Å²) >= 11 is 0. The summed E-state index contributed by atoms with van der Waals surface area (Å²) in [4.78, 5) is 41.1. The lowest BCUT2D eigenvalue weighted by Crippen LogP contribution is -2.65. The van der Waals surface area contributed by atoms with Crippen molar-refractivity contribution >= 4 is 28.7 Å². The monoisotopic (exact) mass is 808 g/mol. The molecule has 3 bridgehead atoms. The molecule has 6 unspecified atom stereocenters. The average Bonchev–Trinajstić information content (AvgIpc) is 3.70. The Hall–Kier alpha value is -4.89. The van der Waals surface area contributed by atoms with Crippen LogP contribution < -0.4 is 15.0 Å². The molecule has 6 atom stereocenters. The number of ether oxygens (including phenoxy) is 1. The summed E-state index contributed by atoms with van der Waals surface area (Å²) in [5, 5.41) is 13.8. The number of carbonyl (C=O) groups is 2. The first kappa shape index (κ1) is 37.4. The minimum Gasteiger partial charge on any atom is -0.490 e. The van der Waals surface area contributed by atoms with Crippen LogP contribution in [-0.4, -0.2) is 67.2 Å². The second-order valence-corrected chi connectivity index (χ2v) is 17.6. The van der Waals surface area contributed by atoms with Crippen molar-refractivity contribution in [3.63, 3.8) is 0 Å². The van der Waals surface area contributed by atoms with Crippen molar-refractivity contribution < 1.29 is 45.8 Å². The van der Waals surface area contributed by atoms with Gasteiger partial charge in [-0.3, -0.25) is 4.79 Å². The Balaban J connectivity index is 0.959. The Labute approximate surface area is 329 Å². The molecule has 4 aromatic rings. The van der Waals surface area contributed by atoms with E-state index >= 15 is 0 Å². The van der Waals surface area contributed by atoms with Crippen LogP contribution in [0.1, 0.15) is 92.7 Å². The highest BCUT2D eigenvalue weighted by Crippen LogP contribution is 2.78. The molecule has 5 saturated carbocycles. The van der Waals surface area contributed by atoms with Gasteiger partial charge in [-0.25, -0.2) is 32.9 Å². The zero-order chi connectivity index (χ0) is 40.4. The second kappa shape index (κ2) is 13.1. The number of nitrogens with zero attached hydrogens (tertiary/aromatic N) is 5. The van der Waals surface area contributed by atoms with Gasteiger partial charge in [0.05, 0.1) is 29.2 Å². The van der Waals surface area contributed by atoms with Crippen LogP contribution in [0.3, 0.4) is 0 Å². The van der Waals surface area contributed by atoms with Crippen LogP contribution >= 0.6 is 0 Å². The van der Waals surface area contributed by atoms with Gasteiger partial charge in [-0.15, -0.1) is 0 Å². The van der Waals surface area contributed by atoms with E-state index in [1.165, 1.54) is 6.07 Å². The average molecular weight is 809 g/mol. The summed E-state index contributed by atoms with van der Waals surface area (Å²) in [5.41, 5.74) is -3.14. The maximum Gasteiger partial charge on any atom is 0.434 e. The van der Waals surface area contributed by atoms with Gasteiger partial charge in [0.1, 0.15) is 17.4 Å². The molecule has 10 nitrogen and oxygen atoms in total. The number of hydrogen-bond acceptors (Lipinski definition) is 7. The van der Waals surface area contributed by atoms with Gasteiger partial charge in [-0.05, 0) is 98.3 Å². The molecule has 16 heteroatoms. The van der Waals surface area contributed by atoms with E-state index in [9.17, 15) is 41.0 Å². The van der Waals surface area contributed by atoms with E-state index < -0.39 is 46.6 Å². The smallest absolute Gasteiger partial charge is 0.434 e. The third-order valence-electron chi connectivity index (χ3n) is 14.6. The molecule has 1 aliphatic heterocycles. The molecule has 2 N–H and O–H groups in total. The van der Waals surface area contributed by atoms with Gasteiger partial charge in [0.2, 0.25) is 11.9 Å². The maximum atomic E-state index is 14.9. The number of hydrogen-bond donors (Lipinski definition) is 2. The first-order valence-corrected chi connectivity index (χ1v) is 20.2. The molecule has 6 fully saturated rings. The predicted molar refractivity (Wildman–Crippen MR) is 198 cm³/mol. The number of benzene rings is 1. The Morgan fingerprint density at radius 3 is 2.36 bits per heavy atom. The summed E-state index contributed by atoms with van der Waals surface area (Å²) in [5.74, 6) is -4.62. The SMILES string of the molecule is O=C(NC1(C(=O)O)C2CC3CC4CC1C4(C3)C2)c1ccc(-c2cn(C3CCC(F)(F)CC3)c3cc(OC4CCN(c5ncc(F)cn5)CC4)ccc23)nc1C(F)(F)F. The van der Waals surface area contributed by atoms with E-state index in [0.29, 0.717) is 85.2 Å². The van der Waals surface area contributed by atoms with Crippen LogP contribution in [0.15, 0.2) is 48.9 Å². The molecule has 1 spiro atoms. The molecule has 306 valence electrons. The predicted octanol–water partition coefficient (Wildman–Crippen LogP) is 8.46. The minimum absolute atomic E-state index is 0.0690. The Morgan fingerprint density at radius 1 is 0.931 bits per heavy atom. The van der Waals surface area contributed by atoms with E-state index in [-0.39, 0.29) is 60.8 Å². The molecule has 5 aliphatic carbocycles. The molecule has 4 heterocycles. The number of aliphatic carboxylic acids is 1. The Morgan fingerprint density at radius 2 is 1.66 bits per heavy atom. The number of carboxylic acid groups (broad SMARTS) is 1. The highest BCUT2D eigenvalue weighted by molar-refractivity contribution is 6.01. The van der Waals surface area contributed by atoms with Crippen LogP contribution in [0, 0.1) is 34.9 Å². The number of nitrogens with one attached hydrogen (secondary N) is 1. The summed E-state index contributed by atoms with van der Waals surface area (Å²) in [6, 6.07) is 7.24. The first-order valence-electron chi connectivity index (χ1n) is 20.2. The van der Waals surface area contributed by atoms with Crippen molar-refractivity contribution in [2.45, 2.75) is 100 Å². The molecular formula is C42H42F6N6O4. The van der Waals surface area contributed by atoms with Crippen molar-refractivity contribution in [1.82, 2.24) is 24.8 Å². The number of alkyl halides is 5. The third kappa shape index (κ3) is 5.85. The Bertz CT molecular complexity index is 2300. The van der Waals surface area contributed by atoms with Crippen LogP contribution in [0.25, 0.3) is 22.2 Å². The summed E-state index contributed by atoms with van der Waals surface area (Å²) in [6.07, 6.45) is 3.39.